The third-order valence-electron chi connectivity index (χ3n) is 4.61. The van der Waals surface area contributed by atoms with Crippen molar-refractivity contribution in [2.45, 2.75) is 96.3 Å². The number of unbranched alkanes of at least 4 members (excludes halogenated alkanes) is 10. The lowest BCUT2D eigenvalue weighted by Gasteiger charge is -2.08. The molecular weight excluding hydrogens is 260 g/mol. The van der Waals surface area contributed by atoms with Crippen molar-refractivity contribution in [2.75, 3.05) is 0 Å². The van der Waals surface area contributed by atoms with Gasteiger partial charge < -0.3 is 5.11 Å². The van der Waals surface area contributed by atoms with Crippen LogP contribution in [0.15, 0.2) is 12.2 Å². The summed E-state index contributed by atoms with van der Waals surface area (Å²) in [5.41, 5.74) is 0. The molecule has 0 aliphatic heterocycles. The standard InChI is InChI=1S/C19H34O2/c20-19(21)17-11-9-7-5-3-1-2-4-6-8-10-14-18-15-12-13-16-18/h12-13,18H,1-11,14-17H2,(H,20,21). The summed E-state index contributed by atoms with van der Waals surface area (Å²) >= 11 is 0. The van der Waals surface area contributed by atoms with Gasteiger partial charge in [-0.2, -0.15) is 0 Å². The van der Waals surface area contributed by atoms with Gasteiger partial charge in [0.25, 0.3) is 0 Å². The maximum atomic E-state index is 10.4. The van der Waals surface area contributed by atoms with Crippen LogP contribution in [0.4, 0.5) is 0 Å². The molecule has 0 unspecified atom stereocenters. The molecule has 0 fully saturated rings. The molecule has 0 aromatic carbocycles. The average molecular weight is 294 g/mol. The Morgan fingerprint density at radius 3 is 1.67 bits per heavy atom. The van der Waals surface area contributed by atoms with Crippen LogP contribution in [0.5, 0.6) is 0 Å². The molecule has 0 bridgehead atoms. The van der Waals surface area contributed by atoms with Crippen molar-refractivity contribution in [1.29, 1.82) is 0 Å². The normalized spacial score (nSPS) is 14.9. The van der Waals surface area contributed by atoms with E-state index in [0.717, 1.165) is 18.8 Å². The number of carboxylic acids is 1. The lowest BCUT2D eigenvalue weighted by Crippen LogP contribution is -1.93. The highest BCUT2D eigenvalue weighted by Crippen LogP contribution is 2.24. The molecule has 2 nitrogen and oxygen atoms in total. The van der Waals surface area contributed by atoms with E-state index in [1.54, 1.807) is 0 Å². The summed E-state index contributed by atoms with van der Waals surface area (Å²) in [6.07, 6.45) is 23.3. The molecule has 1 aliphatic carbocycles. The van der Waals surface area contributed by atoms with Gasteiger partial charge in [0.15, 0.2) is 0 Å². The number of rotatable bonds is 14. The van der Waals surface area contributed by atoms with Crippen molar-refractivity contribution in [2.24, 2.45) is 5.92 Å². The Hall–Kier alpha value is -0.790. The van der Waals surface area contributed by atoms with E-state index < -0.39 is 5.97 Å². The van der Waals surface area contributed by atoms with Crippen LogP contribution in [0.1, 0.15) is 96.3 Å². The van der Waals surface area contributed by atoms with Gasteiger partial charge in [-0.25, -0.2) is 0 Å². The Bertz CT molecular complexity index is 275. The second kappa shape index (κ2) is 12.9. The van der Waals surface area contributed by atoms with E-state index in [9.17, 15) is 4.79 Å². The summed E-state index contributed by atoms with van der Waals surface area (Å²) < 4.78 is 0. The topological polar surface area (TPSA) is 37.3 Å². The summed E-state index contributed by atoms with van der Waals surface area (Å²) in [4.78, 5) is 10.4. The minimum Gasteiger partial charge on any atom is -0.481 e. The van der Waals surface area contributed by atoms with E-state index in [4.69, 9.17) is 5.11 Å². The molecule has 0 aromatic rings. The second-order valence-corrected chi connectivity index (χ2v) is 6.63. The molecule has 1 aliphatic rings. The summed E-state index contributed by atoms with van der Waals surface area (Å²) in [6.45, 7) is 0. The third-order valence-corrected chi connectivity index (χ3v) is 4.61. The molecule has 21 heavy (non-hydrogen) atoms. The van der Waals surface area contributed by atoms with Gasteiger partial charge in [-0.1, -0.05) is 76.4 Å². The highest BCUT2D eigenvalue weighted by atomic mass is 16.4. The van der Waals surface area contributed by atoms with Crippen LogP contribution in [0.3, 0.4) is 0 Å². The van der Waals surface area contributed by atoms with Gasteiger partial charge in [-0.15, -0.1) is 0 Å². The Morgan fingerprint density at radius 1 is 0.762 bits per heavy atom. The van der Waals surface area contributed by atoms with Crippen molar-refractivity contribution >= 4 is 5.97 Å². The first-order chi connectivity index (χ1) is 10.3. The first kappa shape index (κ1) is 18.3. The van der Waals surface area contributed by atoms with Crippen molar-refractivity contribution < 1.29 is 9.90 Å². The van der Waals surface area contributed by atoms with Crippen LogP contribution in [0, 0.1) is 5.92 Å². The first-order valence-corrected chi connectivity index (χ1v) is 9.16. The SMILES string of the molecule is O=C(O)CCCCCCCCCCCCCC1CC=CC1. The molecule has 0 saturated heterocycles. The number of aliphatic carboxylic acids is 1. The fourth-order valence-electron chi connectivity index (χ4n) is 3.21. The highest BCUT2D eigenvalue weighted by Gasteiger charge is 2.08. The van der Waals surface area contributed by atoms with E-state index in [-0.39, 0.29) is 0 Å². The predicted octanol–water partition coefficient (Wildman–Crippen LogP) is 6.11. The molecule has 0 aromatic heterocycles. The molecule has 1 rings (SSSR count). The first-order valence-electron chi connectivity index (χ1n) is 9.16. The van der Waals surface area contributed by atoms with Gasteiger partial charge in [-0.05, 0) is 31.6 Å². The summed E-state index contributed by atoms with van der Waals surface area (Å²) in [5, 5.41) is 8.53. The van der Waals surface area contributed by atoms with Crippen LogP contribution in [-0.4, -0.2) is 11.1 Å². The Morgan fingerprint density at radius 2 is 1.19 bits per heavy atom. The number of carbonyl (C=O) groups is 1. The zero-order valence-electron chi connectivity index (χ0n) is 13.7. The van der Waals surface area contributed by atoms with Crippen molar-refractivity contribution in [1.82, 2.24) is 0 Å². The molecule has 0 heterocycles. The van der Waals surface area contributed by atoms with E-state index in [1.807, 2.05) is 0 Å². The van der Waals surface area contributed by atoms with E-state index in [2.05, 4.69) is 12.2 Å². The van der Waals surface area contributed by atoms with Crippen molar-refractivity contribution in [3.05, 3.63) is 12.2 Å². The zero-order chi connectivity index (χ0) is 15.2. The molecule has 0 saturated carbocycles. The van der Waals surface area contributed by atoms with Crippen LogP contribution in [-0.2, 0) is 4.79 Å². The van der Waals surface area contributed by atoms with E-state index in [1.165, 1.54) is 77.0 Å². The second-order valence-electron chi connectivity index (χ2n) is 6.63. The lowest BCUT2D eigenvalue weighted by molar-refractivity contribution is -0.137. The van der Waals surface area contributed by atoms with Gasteiger partial charge in [-0.3, -0.25) is 4.79 Å². The van der Waals surface area contributed by atoms with Gasteiger partial charge in [0.2, 0.25) is 0 Å². The van der Waals surface area contributed by atoms with Crippen molar-refractivity contribution in [3.63, 3.8) is 0 Å². The lowest BCUT2D eigenvalue weighted by atomic mass is 9.98. The molecule has 122 valence electrons. The van der Waals surface area contributed by atoms with Crippen LogP contribution < -0.4 is 0 Å². The fraction of sp³-hybridized carbons (Fsp3) is 0.842. The predicted molar refractivity (Wildman–Crippen MR) is 89.5 cm³/mol. The molecule has 2 heteroatoms. The zero-order valence-corrected chi connectivity index (χ0v) is 13.7. The Kier molecular flexibility index (Phi) is 11.2. The Balaban J connectivity index is 1.68. The molecule has 0 spiro atoms. The highest BCUT2D eigenvalue weighted by molar-refractivity contribution is 5.66. The van der Waals surface area contributed by atoms with Gasteiger partial charge in [0, 0.05) is 6.42 Å². The Labute approximate surface area is 131 Å². The summed E-state index contributed by atoms with van der Waals surface area (Å²) in [6, 6.07) is 0. The number of hydrogen-bond donors (Lipinski definition) is 1. The minimum atomic E-state index is -0.654. The van der Waals surface area contributed by atoms with Gasteiger partial charge in [0.1, 0.15) is 0 Å². The average Bonchev–Trinajstić information content (AvgIpc) is 2.97. The van der Waals surface area contributed by atoms with E-state index >= 15 is 0 Å². The summed E-state index contributed by atoms with van der Waals surface area (Å²) in [7, 11) is 0. The fourth-order valence-corrected chi connectivity index (χ4v) is 3.21. The molecule has 0 amide bonds. The number of hydrogen-bond acceptors (Lipinski definition) is 1. The molecule has 0 radical (unpaired) electrons. The molecule has 0 atom stereocenters. The largest absolute Gasteiger partial charge is 0.481 e. The summed E-state index contributed by atoms with van der Waals surface area (Å²) in [5.74, 6) is 0.310. The van der Waals surface area contributed by atoms with Crippen LogP contribution in [0.25, 0.3) is 0 Å². The monoisotopic (exact) mass is 294 g/mol. The van der Waals surface area contributed by atoms with E-state index in [0.29, 0.717) is 6.42 Å². The minimum absolute atomic E-state index is 0.344. The quantitative estimate of drug-likeness (QED) is 0.310. The molecular formula is C19H34O2. The van der Waals surface area contributed by atoms with Crippen LogP contribution >= 0.6 is 0 Å². The number of carboxylic acid groups (broad SMARTS) is 1. The third kappa shape index (κ3) is 11.5. The van der Waals surface area contributed by atoms with Crippen molar-refractivity contribution in [3.8, 4) is 0 Å². The smallest absolute Gasteiger partial charge is 0.303 e. The van der Waals surface area contributed by atoms with Crippen LogP contribution in [0.2, 0.25) is 0 Å². The van der Waals surface area contributed by atoms with Gasteiger partial charge in [0.05, 0.1) is 0 Å². The maximum absolute atomic E-state index is 10.4. The molecule has 1 N–H and O–H groups in total. The maximum Gasteiger partial charge on any atom is 0.303 e. The van der Waals surface area contributed by atoms with Gasteiger partial charge >= 0.3 is 5.97 Å². The number of allylic oxidation sites excluding steroid dienone is 2.